The zero-order chi connectivity index (χ0) is 25.6. The molecular formula is C27H18Cl3N3O3. The van der Waals surface area contributed by atoms with Crippen LogP contribution in [0.3, 0.4) is 0 Å². The fourth-order valence-corrected chi connectivity index (χ4v) is 4.83. The largest absolute Gasteiger partial charge is 0.342 e. The minimum absolute atomic E-state index is 0.176. The first-order valence-corrected chi connectivity index (χ1v) is 12.1. The summed E-state index contributed by atoms with van der Waals surface area (Å²) in [4.78, 5) is 39.6. The molecule has 0 aliphatic carbocycles. The number of barbiturate groups is 1. The summed E-state index contributed by atoms with van der Waals surface area (Å²) in [7, 11) is 0. The van der Waals surface area contributed by atoms with E-state index in [2.05, 4.69) is 5.32 Å². The van der Waals surface area contributed by atoms with Crippen LogP contribution >= 0.6 is 34.8 Å². The first-order valence-electron chi connectivity index (χ1n) is 10.9. The highest BCUT2D eigenvalue weighted by molar-refractivity contribution is 6.40. The third kappa shape index (κ3) is 4.28. The van der Waals surface area contributed by atoms with Gasteiger partial charge >= 0.3 is 6.03 Å². The number of nitrogens with zero attached hydrogens (tertiary/aromatic N) is 2. The Bertz CT molecular complexity index is 1590. The van der Waals surface area contributed by atoms with Gasteiger partial charge in [-0.15, -0.1) is 0 Å². The molecule has 0 spiro atoms. The Hall–Kier alpha value is -3.58. The van der Waals surface area contributed by atoms with Crippen LogP contribution in [-0.2, 0) is 16.1 Å². The third-order valence-electron chi connectivity index (χ3n) is 6.02. The van der Waals surface area contributed by atoms with Crippen molar-refractivity contribution in [3.05, 3.63) is 104 Å². The molecule has 0 atom stereocenters. The van der Waals surface area contributed by atoms with E-state index in [4.69, 9.17) is 34.8 Å². The number of urea groups is 1. The highest BCUT2D eigenvalue weighted by Crippen LogP contribution is 2.31. The van der Waals surface area contributed by atoms with Gasteiger partial charge in [0.1, 0.15) is 5.57 Å². The quantitative estimate of drug-likeness (QED) is 0.234. The Balaban J connectivity index is 1.59. The summed E-state index contributed by atoms with van der Waals surface area (Å²) in [6.45, 7) is 2.19. The van der Waals surface area contributed by atoms with E-state index in [9.17, 15) is 14.4 Å². The molecule has 1 aliphatic heterocycles. The molecule has 36 heavy (non-hydrogen) atoms. The molecule has 3 aromatic carbocycles. The van der Waals surface area contributed by atoms with Crippen LogP contribution < -0.4 is 10.2 Å². The van der Waals surface area contributed by atoms with Gasteiger partial charge in [-0.05, 0) is 48.9 Å². The zero-order valence-electron chi connectivity index (χ0n) is 18.9. The lowest BCUT2D eigenvalue weighted by molar-refractivity contribution is -0.122. The van der Waals surface area contributed by atoms with E-state index < -0.39 is 17.8 Å². The maximum absolute atomic E-state index is 13.4. The lowest BCUT2D eigenvalue weighted by Crippen LogP contribution is -2.54. The van der Waals surface area contributed by atoms with Gasteiger partial charge in [-0.3, -0.25) is 14.9 Å². The Kier molecular flexibility index (Phi) is 6.35. The van der Waals surface area contributed by atoms with Crippen LogP contribution in [0.5, 0.6) is 0 Å². The molecule has 5 rings (SSSR count). The molecule has 2 heterocycles. The lowest BCUT2D eigenvalue weighted by Gasteiger charge is -2.26. The smallest absolute Gasteiger partial charge is 0.335 e. The summed E-state index contributed by atoms with van der Waals surface area (Å²) in [6, 6.07) is 16.9. The first-order chi connectivity index (χ1) is 17.2. The molecule has 1 aromatic heterocycles. The van der Waals surface area contributed by atoms with E-state index in [0.717, 1.165) is 26.9 Å². The van der Waals surface area contributed by atoms with Crippen LogP contribution in [0.1, 0.15) is 16.7 Å². The number of aryl methyl sites for hydroxylation is 1. The van der Waals surface area contributed by atoms with Crippen molar-refractivity contribution in [1.29, 1.82) is 0 Å². The van der Waals surface area contributed by atoms with Crippen LogP contribution in [0.25, 0.3) is 17.0 Å². The SMILES string of the molecule is Cc1ccc(N2C(=O)NC(=O)/C(=C\c3cn(Cc4c(Cl)cccc4Cl)c4ccccc34)C2=O)cc1Cl. The molecule has 4 aromatic rings. The monoisotopic (exact) mass is 537 g/mol. The van der Waals surface area contributed by atoms with E-state index in [1.807, 2.05) is 42.0 Å². The molecule has 0 saturated carbocycles. The van der Waals surface area contributed by atoms with Crippen molar-refractivity contribution in [3.63, 3.8) is 0 Å². The predicted molar refractivity (Wildman–Crippen MR) is 143 cm³/mol. The maximum atomic E-state index is 13.4. The van der Waals surface area contributed by atoms with E-state index in [-0.39, 0.29) is 11.3 Å². The number of hydrogen-bond donors (Lipinski definition) is 1. The molecule has 1 fully saturated rings. The number of imide groups is 2. The topological polar surface area (TPSA) is 71.4 Å². The summed E-state index contributed by atoms with van der Waals surface area (Å²) >= 11 is 19.0. The highest BCUT2D eigenvalue weighted by Gasteiger charge is 2.37. The molecule has 0 bridgehead atoms. The second-order valence-corrected chi connectivity index (χ2v) is 9.54. The van der Waals surface area contributed by atoms with Crippen LogP contribution in [0.4, 0.5) is 10.5 Å². The summed E-state index contributed by atoms with van der Waals surface area (Å²) in [6.07, 6.45) is 3.31. The second kappa shape index (κ2) is 9.47. The molecule has 9 heteroatoms. The number of carbonyl (C=O) groups is 3. The summed E-state index contributed by atoms with van der Waals surface area (Å²) in [5.41, 5.74) is 3.13. The second-order valence-electron chi connectivity index (χ2n) is 8.32. The Morgan fingerprint density at radius 2 is 1.61 bits per heavy atom. The summed E-state index contributed by atoms with van der Waals surface area (Å²) < 4.78 is 1.95. The minimum Gasteiger partial charge on any atom is -0.342 e. The predicted octanol–water partition coefficient (Wildman–Crippen LogP) is 6.62. The number of nitrogens with one attached hydrogen (secondary N) is 1. The number of halogens is 3. The molecule has 0 unspecified atom stereocenters. The van der Waals surface area contributed by atoms with Crippen molar-refractivity contribution in [3.8, 4) is 0 Å². The van der Waals surface area contributed by atoms with Crippen molar-refractivity contribution >= 4 is 75.3 Å². The van der Waals surface area contributed by atoms with E-state index in [1.54, 1.807) is 30.3 Å². The van der Waals surface area contributed by atoms with Gasteiger partial charge in [0, 0.05) is 43.3 Å². The van der Waals surface area contributed by atoms with Crippen molar-refractivity contribution in [2.45, 2.75) is 13.5 Å². The van der Waals surface area contributed by atoms with Crippen LogP contribution in [-0.4, -0.2) is 22.4 Å². The zero-order valence-corrected chi connectivity index (χ0v) is 21.2. The fourth-order valence-electron chi connectivity index (χ4n) is 4.14. The third-order valence-corrected chi connectivity index (χ3v) is 7.14. The first kappa shape index (κ1) is 24.1. The number of amides is 4. The van der Waals surface area contributed by atoms with Gasteiger partial charge in [-0.25, -0.2) is 9.69 Å². The standard InChI is InChI=1S/C27H18Cl3N3O3/c1-15-9-10-17(12-23(15)30)33-26(35)19(25(34)31-27(33)36)11-16-13-32(24-8-3-2-5-18(16)24)14-20-21(28)6-4-7-22(20)29/h2-13H,14H2,1H3,(H,31,34,36)/b19-11+. The van der Waals surface area contributed by atoms with Crippen molar-refractivity contribution < 1.29 is 14.4 Å². The summed E-state index contributed by atoms with van der Waals surface area (Å²) in [5, 5.41) is 4.53. The van der Waals surface area contributed by atoms with Gasteiger partial charge in [0.05, 0.1) is 12.2 Å². The fraction of sp³-hybridized carbons (Fsp3) is 0.0741. The number of rotatable bonds is 4. The number of para-hydroxylation sites is 1. The highest BCUT2D eigenvalue weighted by atomic mass is 35.5. The Morgan fingerprint density at radius 1 is 0.889 bits per heavy atom. The molecule has 1 aliphatic rings. The van der Waals surface area contributed by atoms with Gasteiger partial charge in [-0.1, -0.05) is 65.1 Å². The molecule has 1 N–H and O–H groups in total. The van der Waals surface area contributed by atoms with E-state index in [1.165, 1.54) is 12.1 Å². The maximum Gasteiger partial charge on any atom is 0.335 e. The van der Waals surface area contributed by atoms with Gasteiger partial charge in [0.2, 0.25) is 0 Å². The number of anilines is 1. The number of hydrogen-bond acceptors (Lipinski definition) is 3. The molecule has 0 radical (unpaired) electrons. The average Bonchev–Trinajstić information content (AvgIpc) is 3.18. The van der Waals surface area contributed by atoms with Gasteiger partial charge in [0.25, 0.3) is 11.8 Å². The number of fused-ring (bicyclic) bond motifs is 1. The molecule has 1 saturated heterocycles. The molecular weight excluding hydrogens is 521 g/mol. The van der Waals surface area contributed by atoms with Crippen molar-refractivity contribution in [1.82, 2.24) is 9.88 Å². The van der Waals surface area contributed by atoms with Crippen LogP contribution in [0, 0.1) is 6.92 Å². The number of benzene rings is 3. The Labute approximate surface area is 221 Å². The van der Waals surface area contributed by atoms with Crippen LogP contribution in [0.2, 0.25) is 15.1 Å². The lowest BCUT2D eigenvalue weighted by atomic mass is 10.1. The van der Waals surface area contributed by atoms with Crippen molar-refractivity contribution in [2.75, 3.05) is 4.90 Å². The molecule has 180 valence electrons. The van der Waals surface area contributed by atoms with Crippen molar-refractivity contribution in [2.24, 2.45) is 0 Å². The van der Waals surface area contributed by atoms with E-state index in [0.29, 0.717) is 27.2 Å². The normalized spacial score (nSPS) is 15.2. The number of carbonyl (C=O) groups excluding carboxylic acids is 3. The number of aromatic nitrogens is 1. The van der Waals surface area contributed by atoms with Crippen LogP contribution in [0.15, 0.2) is 72.4 Å². The molecule has 4 amide bonds. The Morgan fingerprint density at radius 3 is 2.33 bits per heavy atom. The van der Waals surface area contributed by atoms with Gasteiger partial charge in [-0.2, -0.15) is 0 Å². The molecule has 6 nitrogen and oxygen atoms in total. The van der Waals surface area contributed by atoms with E-state index >= 15 is 0 Å². The van der Waals surface area contributed by atoms with Gasteiger partial charge in [0.15, 0.2) is 0 Å². The summed E-state index contributed by atoms with van der Waals surface area (Å²) in [5.74, 6) is -1.51. The average molecular weight is 539 g/mol. The minimum atomic E-state index is -0.835. The van der Waals surface area contributed by atoms with Gasteiger partial charge < -0.3 is 4.57 Å².